The third-order valence-electron chi connectivity index (χ3n) is 3.31. The van der Waals surface area contributed by atoms with Crippen LogP contribution in [0.3, 0.4) is 0 Å². The minimum Gasteiger partial charge on any atom is -0.389 e. The fourth-order valence-corrected chi connectivity index (χ4v) is 1.69. The maximum atomic E-state index is 10.0. The molecule has 0 heterocycles. The third kappa shape index (κ3) is 7.20. The SMILES string of the molecule is CCC(O)(CN)CCCN(C)CCC(C)C. The van der Waals surface area contributed by atoms with Crippen LogP contribution < -0.4 is 5.73 Å². The maximum Gasteiger partial charge on any atom is 0.0767 e. The molecule has 3 heteroatoms. The van der Waals surface area contributed by atoms with Gasteiger partial charge in [-0.15, -0.1) is 0 Å². The van der Waals surface area contributed by atoms with E-state index in [0.717, 1.165) is 38.3 Å². The fraction of sp³-hybridized carbons (Fsp3) is 1.00. The lowest BCUT2D eigenvalue weighted by atomic mass is 9.95. The summed E-state index contributed by atoms with van der Waals surface area (Å²) in [6, 6.07) is 0. The molecule has 0 aliphatic rings. The minimum absolute atomic E-state index is 0.374. The van der Waals surface area contributed by atoms with Gasteiger partial charge in [0.25, 0.3) is 0 Å². The van der Waals surface area contributed by atoms with Crippen molar-refractivity contribution >= 4 is 0 Å². The predicted molar refractivity (Wildman–Crippen MR) is 70.5 cm³/mol. The molecule has 98 valence electrons. The van der Waals surface area contributed by atoms with Crippen molar-refractivity contribution < 1.29 is 5.11 Å². The van der Waals surface area contributed by atoms with Gasteiger partial charge in [-0.05, 0) is 51.7 Å². The summed E-state index contributed by atoms with van der Waals surface area (Å²) in [5, 5.41) is 10.0. The summed E-state index contributed by atoms with van der Waals surface area (Å²) < 4.78 is 0. The molecule has 3 nitrogen and oxygen atoms in total. The molecule has 0 radical (unpaired) electrons. The van der Waals surface area contributed by atoms with Gasteiger partial charge in [0.1, 0.15) is 0 Å². The van der Waals surface area contributed by atoms with E-state index in [2.05, 4.69) is 25.8 Å². The number of aliphatic hydroxyl groups is 1. The molecule has 1 atom stereocenters. The molecule has 0 bridgehead atoms. The van der Waals surface area contributed by atoms with E-state index in [1.165, 1.54) is 6.42 Å². The van der Waals surface area contributed by atoms with Gasteiger partial charge in [0.05, 0.1) is 5.60 Å². The maximum absolute atomic E-state index is 10.0. The monoisotopic (exact) mass is 230 g/mol. The molecule has 0 aliphatic heterocycles. The highest BCUT2D eigenvalue weighted by molar-refractivity contribution is 4.77. The summed E-state index contributed by atoms with van der Waals surface area (Å²) >= 11 is 0. The average molecular weight is 230 g/mol. The lowest BCUT2D eigenvalue weighted by Crippen LogP contribution is -2.37. The Labute approximate surface area is 101 Å². The van der Waals surface area contributed by atoms with Crippen molar-refractivity contribution in [3.05, 3.63) is 0 Å². The molecule has 0 fully saturated rings. The van der Waals surface area contributed by atoms with E-state index in [4.69, 9.17) is 5.73 Å². The molecular formula is C13H30N2O. The van der Waals surface area contributed by atoms with Crippen LogP contribution in [0.2, 0.25) is 0 Å². The first kappa shape index (κ1) is 15.9. The number of nitrogens with zero attached hydrogens (tertiary/aromatic N) is 1. The van der Waals surface area contributed by atoms with Gasteiger partial charge in [-0.2, -0.15) is 0 Å². The first-order valence-electron chi connectivity index (χ1n) is 6.54. The second kappa shape index (κ2) is 8.04. The fourth-order valence-electron chi connectivity index (χ4n) is 1.69. The lowest BCUT2D eigenvalue weighted by molar-refractivity contribution is 0.0322. The molecule has 1 unspecified atom stereocenters. The number of hydrogen-bond acceptors (Lipinski definition) is 3. The molecule has 16 heavy (non-hydrogen) atoms. The molecule has 0 saturated carbocycles. The van der Waals surface area contributed by atoms with Gasteiger partial charge in [0.15, 0.2) is 0 Å². The second-order valence-corrected chi connectivity index (χ2v) is 5.37. The first-order valence-corrected chi connectivity index (χ1v) is 6.54. The Bertz CT molecular complexity index is 167. The van der Waals surface area contributed by atoms with Gasteiger partial charge < -0.3 is 15.7 Å². The van der Waals surface area contributed by atoms with Crippen LogP contribution in [0, 0.1) is 5.92 Å². The minimum atomic E-state index is -0.640. The summed E-state index contributed by atoms with van der Waals surface area (Å²) in [4.78, 5) is 2.34. The zero-order chi connectivity index (χ0) is 12.6. The van der Waals surface area contributed by atoms with Gasteiger partial charge in [-0.1, -0.05) is 20.8 Å². The average Bonchev–Trinajstić information content (AvgIpc) is 2.26. The quantitative estimate of drug-likeness (QED) is 0.635. The molecular weight excluding hydrogens is 200 g/mol. The molecule has 0 aromatic heterocycles. The van der Waals surface area contributed by atoms with Gasteiger partial charge in [0, 0.05) is 6.54 Å². The summed E-state index contributed by atoms with van der Waals surface area (Å²) in [7, 11) is 2.15. The molecule has 0 rings (SSSR count). The Morgan fingerprint density at radius 2 is 1.94 bits per heavy atom. The van der Waals surface area contributed by atoms with Crippen molar-refractivity contribution in [1.29, 1.82) is 0 Å². The molecule has 0 aliphatic carbocycles. The van der Waals surface area contributed by atoms with Crippen molar-refractivity contribution in [1.82, 2.24) is 4.90 Å². The van der Waals surface area contributed by atoms with Crippen LogP contribution >= 0.6 is 0 Å². The predicted octanol–water partition coefficient (Wildman–Crippen LogP) is 1.84. The van der Waals surface area contributed by atoms with E-state index in [0.29, 0.717) is 6.54 Å². The van der Waals surface area contributed by atoms with Gasteiger partial charge in [0.2, 0.25) is 0 Å². The van der Waals surface area contributed by atoms with Crippen LogP contribution in [0.5, 0.6) is 0 Å². The summed E-state index contributed by atoms with van der Waals surface area (Å²) in [5.41, 5.74) is 4.93. The Morgan fingerprint density at radius 3 is 2.38 bits per heavy atom. The summed E-state index contributed by atoms with van der Waals surface area (Å²) in [5.74, 6) is 0.763. The molecule has 3 N–H and O–H groups in total. The third-order valence-corrected chi connectivity index (χ3v) is 3.31. The van der Waals surface area contributed by atoms with Crippen molar-refractivity contribution in [2.24, 2.45) is 11.7 Å². The van der Waals surface area contributed by atoms with E-state index < -0.39 is 5.60 Å². The van der Waals surface area contributed by atoms with E-state index in [1.807, 2.05) is 6.92 Å². The topological polar surface area (TPSA) is 49.5 Å². The Balaban J connectivity index is 3.64. The second-order valence-electron chi connectivity index (χ2n) is 5.37. The smallest absolute Gasteiger partial charge is 0.0767 e. The summed E-state index contributed by atoms with van der Waals surface area (Å²) in [6.45, 7) is 9.06. The van der Waals surface area contributed by atoms with Crippen LogP contribution in [0.4, 0.5) is 0 Å². The summed E-state index contributed by atoms with van der Waals surface area (Å²) in [6.07, 6.45) is 3.83. The van der Waals surface area contributed by atoms with E-state index in [1.54, 1.807) is 0 Å². The van der Waals surface area contributed by atoms with E-state index in [-0.39, 0.29) is 0 Å². The van der Waals surface area contributed by atoms with Crippen molar-refractivity contribution in [2.75, 3.05) is 26.7 Å². The zero-order valence-corrected chi connectivity index (χ0v) is 11.5. The number of nitrogens with two attached hydrogens (primary N) is 1. The van der Waals surface area contributed by atoms with E-state index in [9.17, 15) is 5.11 Å². The van der Waals surface area contributed by atoms with Crippen LogP contribution in [0.1, 0.15) is 46.5 Å². The Morgan fingerprint density at radius 1 is 1.31 bits per heavy atom. The highest BCUT2D eigenvalue weighted by Crippen LogP contribution is 2.15. The Hall–Kier alpha value is -0.120. The highest BCUT2D eigenvalue weighted by atomic mass is 16.3. The number of rotatable bonds is 9. The van der Waals surface area contributed by atoms with Crippen LogP contribution in [-0.4, -0.2) is 42.3 Å². The molecule has 0 aromatic carbocycles. The molecule has 0 aromatic rings. The highest BCUT2D eigenvalue weighted by Gasteiger charge is 2.21. The van der Waals surface area contributed by atoms with Crippen molar-refractivity contribution in [3.8, 4) is 0 Å². The molecule has 0 amide bonds. The van der Waals surface area contributed by atoms with E-state index >= 15 is 0 Å². The molecule has 0 saturated heterocycles. The zero-order valence-electron chi connectivity index (χ0n) is 11.5. The van der Waals surface area contributed by atoms with Crippen LogP contribution in [0.15, 0.2) is 0 Å². The van der Waals surface area contributed by atoms with Gasteiger partial charge in [-0.3, -0.25) is 0 Å². The standard InChI is InChI=1S/C13H30N2O/c1-5-13(16,11-14)8-6-9-15(4)10-7-12(2)3/h12,16H,5-11,14H2,1-4H3. The van der Waals surface area contributed by atoms with Gasteiger partial charge in [-0.25, -0.2) is 0 Å². The normalized spacial score (nSPS) is 15.8. The van der Waals surface area contributed by atoms with Crippen molar-refractivity contribution in [3.63, 3.8) is 0 Å². The first-order chi connectivity index (χ1) is 7.43. The number of hydrogen-bond donors (Lipinski definition) is 2. The van der Waals surface area contributed by atoms with Crippen LogP contribution in [0.25, 0.3) is 0 Å². The van der Waals surface area contributed by atoms with Crippen molar-refractivity contribution in [2.45, 2.75) is 52.1 Å². The van der Waals surface area contributed by atoms with Gasteiger partial charge >= 0.3 is 0 Å². The van der Waals surface area contributed by atoms with Crippen LogP contribution in [-0.2, 0) is 0 Å². The Kier molecular flexibility index (Phi) is 7.98. The molecule has 0 spiro atoms. The largest absolute Gasteiger partial charge is 0.389 e. The lowest BCUT2D eigenvalue weighted by Gasteiger charge is -2.26.